The van der Waals surface area contributed by atoms with E-state index in [4.69, 9.17) is 0 Å². The lowest BCUT2D eigenvalue weighted by Gasteiger charge is -2.46. The summed E-state index contributed by atoms with van der Waals surface area (Å²) in [5, 5.41) is 18.0. The number of carbonyl (C=O) groups is 6. The molecule has 2 aliphatic rings. The number of rotatable bonds is 13. The summed E-state index contributed by atoms with van der Waals surface area (Å²) in [4.78, 5) is 73.3. The first-order valence-corrected chi connectivity index (χ1v) is 13.5. The Balaban J connectivity index is 2.50. The molecule has 0 saturated carbocycles. The van der Waals surface area contributed by atoms with Gasteiger partial charge in [0.15, 0.2) is 16.2 Å². The van der Waals surface area contributed by atoms with Gasteiger partial charge in [0, 0.05) is 5.97 Å². The summed E-state index contributed by atoms with van der Waals surface area (Å²) in [6, 6.07) is 0. The summed E-state index contributed by atoms with van der Waals surface area (Å²) in [7, 11) is -10.5. The third-order valence-corrected chi connectivity index (χ3v) is 8.08. The van der Waals surface area contributed by atoms with Crippen molar-refractivity contribution in [1.82, 2.24) is 9.80 Å². The van der Waals surface area contributed by atoms with E-state index in [1.807, 2.05) is 0 Å². The van der Waals surface area contributed by atoms with Gasteiger partial charge in [-0.15, -0.1) is 0 Å². The Morgan fingerprint density at radius 2 is 1.17 bits per heavy atom. The second-order valence-electron chi connectivity index (χ2n) is 8.29. The van der Waals surface area contributed by atoms with Crippen LogP contribution in [0.25, 0.3) is 0 Å². The molecule has 0 bridgehead atoms. The van der Waals surface area contributed by atoms with Crippen molar-refractivity contribution in [3.8, 4) is 0 Å². The largest absolute Gasteiger partial charge is 0.550 e. The van der Waals surface area contributed by atoms with Crippen LogP contribution in [0.4, 0.5) is 0 Å². The monoisotopic (exact) mass is 554 g/mol. The number of carbonyl (C=O) groups excluding carboxylic acids is 6. The van der Waals surface area contributed by atoms with Crippen LogP contribution in [-0.2, 0) is 49.0 Å². The Kier molecular flexibility index (Phi) is 8.60. The van der Waals surface area contributed by atoms with Crippen molar-refractivity contribution in [3.63, 3.8) is 0 Å². The molecule has 0 radical (unpaired) electrons. The maximum absolute atomic E-state index is 12.8. The lowest BCUT2D eigenvalue weighted by atomic mass is 9.96. The SMILES string of the molecule is O=C([O-])CCCCCCCC(C(=O)[O-])(N1C(=O)CC(S(=O)(=O)O)C1=O)N1C(=O)CC(S(=O)(=O)O)C1=O. The van der Waals surface area contributed by atoms with Crippen LogP contribution in [0.15, 0.2) is 0 Å². The van der Waals surface area contributed by atoms with Crippen LogP contribution in [0.5, 0.6) is 0 Å². The fraction of sp³-hybridized carbons (Fsp3) is 0.667. The third kappa shape index (κ3) is 5.71. The Labute approximate surface area is 204 Å². The van der Waals surface area contributed by atoms with Crippen molar-refractivity contribution >= 4 is 55.8 Å². The number of likely N-dealkylation sites (tertiary alicyclic amines) is 2. The fourth-order valence-corrected chi connectivity index (χ4v) is 5.66. The number of amides is 4. The highest BCUT2D eigenvalue weighted by atomic mass is 32.2. The van der Waals surface area contributed by atoms with Gasteiger partial charge in [0.25, 0.3) is 32.1 Å². The molecule has 18 heteroatoms. The minimum absolute atomic E-state index is 0.109. The van der Waals surface area contributed by atoms with E-state index in [1.165, 1.54) is 0 Å². The van der Waals surface area contributed by atoms with Gasteiger partial charge in [-0.25, -0.2) is 0 Å². The van der Waals surface area contributed by atoms with E-state index in [0.29, 0.717) is 12.8 Å². The average molecular weight is 555 g/mol. The Morgan fingerprint density at radius 3 is 1.50 bits per heavy atom. The third-order valence-electron chi connectivity index (χ3n) is 5.90. The minimum atomic E-state index is -5.23. The van der Waals surface area contributed by atoms with Crippen molar-refractivity contribution in [2.75, 3.05) is 0 Å². The van der Waals surface area contributed by atoms with Crippen LogP contribution in [-0.4, -0.2) is 87.5 Å². The number of imide groups is 2. The molecule has 202 valence electrons. The maximum Gasteiger partial charge on any atom is 0.277 e. The molecule has 0 spiro atoms. The van der Waals surface area contributed by atoms with Crippen LogP contribution in [0.2, 0.25) is 0 Å². The summed E-state index contributed by atoms with van der Waals surface area (Å²) >= 11 is 0. The van der Waals surface area contributed by atoms with Gasteiger partial charge in [-0.05, 0) is 25.7 Å². The van der Waals surface area contributed by atoms with Crippen molar-refractivity contribution in [3.05, 3.63) is 0 Å². The molecule has 0 aliphatic carbocycles. The van der Waals surface area contributed by atoms with E-state index < -0.39 is 91.2 Å². The number of carboxylic acids is 2. The molecule has 16 nitrogen and oxygen atoms in total. The molecule has 4 amide bonds. The first-order chi connectivity index (χ1) is 16.5. The van der Waals surface area contributed by atoms with Crippen LogP contribution in [0, 0.1) is 0 Å². The van der Waals surface area contributed by atoms with Gasteiger partial charge in [-0.1, -0.05) is 19.3 Å². The van der Waals surface area contributed by atoms with E-state index in [2.05, 4.69) is 0 Å². The zero-order chi connectivity index (χ0) is 27.6. The van der Waals surface area contributed by atoms with Crippen molar-refractivity contribution in [2.24, 2.45) is 0 Å². The standard InChI is InChI=1S/C18H24N2O14S2/c21-12-8-10(35(29,30)31)15(25)19(12)18(17(27)28,7-5-3-1-2-4-6-14(23)24)20-13(22)9-11(16(20)26)36(32,33)34/h10-11H,1-9H2,(H,23,24)(H,27,28)(H,29,30,31)(H,32,33,34)/p-2. The van der Waals surface area contributed by atoms with Crippen LogP contribution in [0.3, 0.4) is 0 Å². The Bertz CT molecular complexity index is 1120. The molecule has 2 fully saturated rings. The van der Waals surface area contributed by atoms with Crippen LogP contribution < -0.4 is 10.2 Å². The van der Waals surface area contributed by atoms with E-state index in [-0.39, 0.29) is 35.5 Å². The molecule has 2 unspecified atom stereocenters. The van der Waals surface area contributed by atoms with Crippen LogP contribution in [0.1, 0.15) is 57.8 Å². The smallest absolute Gasteiger partial charge is 0.277 e. The summed E-state index contributed by atoms with van der Waals surface area (Å²) in [5.74, 6) is -10.2. The molecule has 36 heavy (non-hydrogen) atoms. The lowest BCUT2D eigenvalue weighted by Crippen LogP contribution is -2.72. The summed E-state index contributed by atoms with van der Waals surface area (Å²) < 4.78 is 64.8. The maximum atomic E-state index is 12.8. The lowest BCUT2D eigenvalue weighted by molar-refractivity contribution is -0.325. The first kappa shape index (κ1) is 29.3. The normalized spacial score (nSPS) is 22.8. The van der Waals surface area contributed by atoms with E-state index in [1.54, 1.807) is 0 Å². The summed E-state index contributed by atoms with van der Waals surface area (Å²) in [5.41, 5.74) is -3.30. The van der Waals surface area contributed by atoms with Gasteiger partial charge in [-0.3, -0.25) is 38.1 Å². The number of hydrogen-bond donors (Lipinski definition) is 2. The van der Waals surface area contributed by atoms with E-state index in [9.17, 15) is 64.9 Å². The van der Waals surface area contributed by atoms with Gasteiger partial charge < -0.3 is 19.8 Å². The molecule has 0 aromatic carbocycles. The number of nitrogens with zero attached hydrogens (tertiary/aromatic N) is 2. The van der Waals surface area contributed by atoms with Gasteiger partial charge in [-0.2, -0.15) is 16.8 Å². The summed E-state index contributed by atoms with van der Waals surface area (Å²) in [6.45, 7) is 0. The molecule has 2 rings (SSSR count). The van der Waals surface area contributed by atoms with Crippen molar-refractivity contribution < 1.29 is 64.9 Å². The van der Waals surface area contributed by atoms with Gasteiger partial charge in [0.05, 0.1) is 18.8 Å². The molecular weight excluding hydrogens is 532 g/mol. The number of carboxylic acid groups (broad SMARTS) is 2. The molecule has 0 aromatic rings. The minimum Gasteiger partial charge on any atom is -0.550 e. The molecular formula is C18H22N2O14S2-2. The van der Waals surface area contributed by atoms with Gasteiger partial charge >= 0.3 is 0 Å². The second-order valence-corrected chi connectivity index (χ2v) is 11.5. The van der Waals surface area contributed by atoms with Gasteiger partial charge in [0.1, 0.15) is 0 Å². The molecule has 2 saturated heterocycles. The van der Waals surface area contributed by atoms with Gasteiger partial charge in [0.2, 0.25) is 11.8 Å². The number of hydrogen-bond acceptors (Lipinski definition) is 12. The van der Waals surface area contributed by atoms with Crippen LogP contribution >= 0.6 is 0 Å². The quantitative estimate of drug-likeness (QED) is 0.125. The Morgan fingerprint density at radius 1 is 0.778 bits per heavy atom. The van der Waals surface area contributed by atoms with Crippen molar-refractivity contribution in [1.29, 1.82) is 0 Å². The predicted molar refractivity (Wildman–Crippen MR) is 109 cm³/mol. The molecule has 0 aromatic heterocycles. The highest BCUT2D eigenvalue weighted by Gasteiger charge is 2.63. The van der Waals surface area contributed by atoms with E-state index >= 15 is 0 Å². The van der Waals surface area contributed by atoms with E-state index in [0.717, 1.165) is 0 Å². The zero-order valence-electron chi connectivity index (χ0n) is 18.5. The topological polar surface area (TPSA) is 264 Å². The highest BCUT2D eigenvalue weighted by molar-refractivity contribution is 7.87. The molecule has 2 aliphatic heterocycles. The highest BCUT2D eigenvalue weighted by Crippen LogP contribution is 2.38. The number of unbranched alkanes of at least 4 members (excludes halogenated alkanes) is 4. The molecule has 2 atom stereocenters. The first-order valence-electron chi connectivity index (χ1n) is 10.5. The average Bonchev–Trinajstić information content (AvgIpc) is 3.20. The predicted octanol–water partition coefficient (Wildman–Crippen LogP) is -4.06. The fourth-order valence-electron chi connectivity index (χ4n) is 4.23. The second kappa shape index (κ2) is 10.6. The van der Waals surface area contributed by atoms with Crippen molar-refractivity contribution in [2.45, 2.75) is 74.0 Å². The summed E-state index contributed by atoms with van der Waals surface area (Å²) in [6.07, 6.45) is -2.90. The Hall–Kier alpha value is -2.96. The molecule has 2 N–H and O–H groups in total. The molecule has 2 heterocycles. The number of aliphatic carboxylic acids is 2. The zero-order valence-corrected chi connectivity index (χ0v) is 20.2.